The molecule has 0 spiro atoms. The molecular weight excluding hydrogens is 332 g/mol. The lowest BCUT2D eigenvalue weighted by Gasteiger charge is -2.31. The van der Waals surface area contributed by atoms with E-state index in [0.717, 1.165) is 0 Å². The van der Waals surface area contributed by atoms with Crippen molar-refractivity contribution in [2.24, 2.45) is 0 Å². The summed E-state index contributed by atoms with van der Waals surface area (Å²) in [5.41, 5.74) is 6.14. The fourth-order valence-electron chi connectivity index (χ4n) is 2.42. The van der Waals surface area contributed by atoms with Crippen molar-refractivity contribution < 1.29 is 35.4 Å². The van der Waals surface area contributed by atoms with E-state index in [4.69, 9.17) is 15.9 Å². The monoisotopic (exact) mass is 358 g/mol. The summed E-state index contributed by atoms with van der Waals surface area (Å²) in [7, 11) is 0. The third kappa shape index (κ3) is 5.55. The van der Waals surface area contributed by atoms with Crippen LogP contribution in [0.5, 0.6) is 0 Å². The van der Waals surface area contributed by atoms with Crippen molar-refractivity contribution >= 4 is 17.3 Å². The Morgan fingerprint density at radius 2 is 1.76 bits per heavy atom. The molecule has 9 heteroatoms. The van der Waals surface area contributed by atoms with E-state index in [-0.39, 0.29) is 17.8 Å². The summed E-state index contributed by atoms with van der Waals surface area (Å²) in [6, 6.07) is 4.40. The molecule has 9 nitrogen and oxygen atoms in total. The van der Waals surface area contributed by atoms with Crippen LogP contribution in [-0.2, 0) is 0 Å². The van der Waals surface area contributed by atoms with Crippen molar-refractivity contribution in [2.45, 2.75) is 37.8 Å². The molecule has 0 aliphatic carbocycles. The van der Waals surface area contributed by atoms with Crippen LogP contribution in [0, 0.1) is 0 Å². The minimum absolute atomic E-state index is 0.0793. The zero-order chi connectivity index (χ0) is 19.1. The predicted octanol–water partition coefficient (Wildman–Crippen LogP) is -1.38. The first-order valence-electron chi connectivity index (χ1n) is 7.93. The van der Waals surface area contributed by atoms with Crippen molar-refractivity contribution in [1.82, 2.24) is 0 Å². The van der Waals surface area contributed by atoms with Gasteiger partial charge in [0.2, 0.25) is 0 Å². The van der Waals surface area contributed by atoms with E-state index in [9.17, 15) is 25.2 Å². The maximum Gasteiger partial charge on any atom is 0.337 e. The van der Waals surface area contributed by atoms with E-state index in [1.165, 1.54) is 12.1 Å². The van der Waals surface area contributed by atoms with Gasteiger partial charge in [-0.2, -0.15) is 0 Å². The molecule has 1 aromatic rings. The number of nitrogens with two attached hydrogens (primary N) is 1. The van der Waals surface area contributed by atoms with Crippen LogP contribution in [0.2, 0.25) is 0 Å². The number of aromatic carboxylic acids is 1. The van der Waals surface area contributed by atoms with Gasteiger partial charge in [0.25, 0.3) is 0 Å². The Balaban J connectivity index is 2.97. The number of hydrogen-bond acceptors (Lipinski definition) is 8. The SMILES string of the molecule is CCCN(CC(O)C(O)C(O)C(O)CO)c1ccc(N)c(C(=O)O)c1. The number of aliphatic hydroxyl groups is 5. The van der Waals surface area contributed by atoms with Gasteiger partial charge in [0.05, 0.1) is 18.3 Å². The first-order valence-corrected chi connectivity index (χ1v) is 7.93. The predicted molar refractivity (Wildman–Crippen MR) is 91.4 cm³/mol. The van der Waals surface area contributed by atoms with Gasteiger partial charge in [-0.1, -0.05) is 6.92 Å². The van der Waals surface area contributed by atoms with Crippen LogP contribution in [0.4, 0.5) is 11.4 Å². The van der Waals surface area contributed by atoms with Gasteiger partial charge in [0, 0.05) is 24.5 Å². The lowest BCUT2D eigenvalue weighted by atomic mass is 10.0. The first-order chi connectivity index (χ1) is 11.7. The molecule has 0 bridgehead atoms. The van der Waals surface area contributed by atoms with Gasteiger partial charge >= 0.3 is 5.97 Å². The Labute approximate surface area is 145 Å². The summed E-state index contributed by atoms with van der Waals surface area (Å²) in [6.45, 7) is 1.46. The number of nitrogen functional groups attached to an aromatic ring is 1. The summed E-state index contributed by atoms with van der Waals surface area (Å²) < 4.78 is 0. The molecule has 4 unspecified atom stereocenters. The largest absolute Gasteiger partial charge is 0.478 e. The molecule has 0 fully saturated rings. The second-order valence-electron chi connectivity index (χ2n) is 5.82. The highest BCUT2D eigenvalue weighted by atomic mass is 16.4. The van der Waals surface area contributed by atoms with Gasteiger partial charge < -0.3 is 41.3 Å². The Hall–Kier alpha value is -1.91. The van der Waals surface area contributed by atoms with Crippen molar-refractivity contribution in [3.8, 4) is 0 Å². The number of anilines is 2. The fourth-order valence-corrected chi connectivity index (χ4v) is 2.42. The van der Waals surface area contributed by atoms with E-state index in [1.54, 1.807) is 11.0 Å². The topological polar surface area (TPSA) is 168 Å². The molecule has 0 saturated heterocycles. The van der Waals surface area contributed by atoms with Gasteiger partial charge in [-0.3, -0.25) is 0 Å². The van der Waals surface area contributed by atoms with Crippen molar-refractivity contribution in [3.05, 3.63) is 23.8 Å². The molecule has 0 aromatic heterocycles. The smallest absolute Gasteiger partial charge is 0.337 e. The molecule has 0 amide bonds. The highest BCUT2D eigenvalue weighted by Gasteiger charge is 2.31. The van der Waals surface area contributed by atoms with Crippen molar-refractivity contribution in [1.29, 1.82) is 0 Å². The Bertz CT molecular complexity index is 569. The number of rotatable bonds is 10. The number of benzene rings is 1. The minimum Gasteiger partial charge on any atom is -0.478 e. The van der Waals surface area contributed by atoms with E-state index < -0.39 is 37.0 Å². The third-order valence-electron chi connectivity index (χ3n) is 3.86. The summed E-state index contributed by atoms with van der Waals surface area (Å²) in [5.74, 6) is -1.18. The normalized spacial score (nSPS) is 16.1. The molecule has 25 heavy (non-hydrogen) atoms. The lowest BCUT2D eigenvalue weighted by molar-refractivity contribution is -0.112. The van der Waals surface area contributed by atoms with Gasteiger partial charge in [0.15, 0.2) is 0 Å². The second kappa shape index (κ2) is 9.54. The third-order valence-corrected chi connectivity index (χ3v) is 3.86. The maximum absolute atomic E-state index is 11.2. The Morgan fingerprint density at radius 1 is 1.16 bits per heavy atom. The number of carbonyl (C=O) groups is 1. The van der Waals surface area contributed by atoms with E-state index in [1.807, 2.05) is 6.92 Å². The van der Waals surface area contributed by atoms with E-state index >= 15 is 0 Å². The first kappa shape index (κ1) is 21.1. The molecule has 1 rings (SSSR count). The van der Waals surface area contributed by atoms with Crippen LogP contribution < -0.4 is 10.6 Å². The van der Waals surface area contributed by atoms with Crippen LogP contribution >= 0.6 is 0 Å². The maximum atomic E-state index is 11.2. The molecule has 8 N–H and O–H groups in total. The zero-order valence-corrected chi connectivity index (χ0v) is 14.0. The molecule has 0 radical (unpaired) electrons. The number of aliphatic hydroxyl groups excluding tert-OH is 5. The average Bonchev–Trinajstić information content (AvgIpc) is 2.59. The number of carboxylic acid groups (broad SMARTS) is 1. The van der Waals surface area contributed by atoms with E-state index in [0.29, 0.717) is 18.7 Å². The standard InChI is InChI=1S/C16H26N2O7/c1-2-5-18(7-12(20)14(22)15(23)13(21)8-19)9-3-4-11(17)10(6-9)16(24)25/h3-4,6,12-15,19-23H,2,5,7-8,17H2,1H3,(H,24,25). The highest BCUT2D eigenvalue weighted by molar-refractivity contribution is 5.94. The van der Waals surface area contributed by atoms with Gasteiger partial charge in [-0.15, -0.1) is 0 Å². The van der Waals surface area contributed by atoms with Gasteiger partial charge in [0.1, 0.15) is 18.3 Å². The molecule has 0 saturated carbocycles. The van der Waals surface area contributed by atoms with Crippen molar-refractivity contribution in [3.63, 3.8) is 0 Å². The molecule has 4 atom stereocenters. The summed E-state index contributed by atoms with van der Waals surface area (Å²) in [4.78, 5) is 12.8. The van der Waals surface area contributed by atoms with E-state index in [2.05, 4.69) is 0 Å². The second-order valence-corrected chi connectivity index (χ2v) is 5.82. The molecule has 142 valence electrons. The van der Waals surface area contributed by atoms with Gasteiger partial charge in [-0.05, 0) is 24.6 Å². The molecule has 0 heterocycles. The number of nitrogens with zero attached hydrogens (tertiary/aromatic N) is 1. The molecule has 0 aliphatic heterocycles. The zero-order valence-electron chi connectivity index (χ0n) is 14.0. The van der Waals surface area contributed by atoms with Crippen LogP contribution in [0.15, 0.2) is 18.2 Å². The lowest BCUT2D eigenvalue weighted by Crippen LogP contribution is -2.50. The molecular formula is C16H26N2O7. The summed E-state index contributed by atoms with van der Waals surface area (Å²) >= 11 is 0. The fraction of sp³-hybridized carbons (Fsp3) is 0.562. The highest BCUT2D eigenvalue weighted by Crippen LogP contribution is 2.22. The summed E-state index contributed by atoms with van der Waals surface area (Å²) in [5, 5.41) is 57.1. The quantitative estimate of drug-likeness (QED) is 0.249. The Morgan fingerprint density at radius 3 is 2.28 bits per heavy atom. The van der Waals surface area contributed by atoms with Crippen LogP contribution in [0.1, 0.15) is 23.7 Å². The molecule has 1 aromatic carbocycles. The summed E-state index contributed by atoms with van der Waals surface area (Å²) in [6.07, 6.45) is -5.75. The molecule has 0 aliphatic rings. The van der Waals surface area contributed by atoms with Crippen LogP contribution in [-0.4, -0.2) is 80.7 Å². The van der Waals surface area contributed by atoms with Crippen LogP contribution in [0.25, 0.3) is 0 Å². The van der Waals surface area contributed by atoms with Gasteiger partial charge in [-0.25, -0.2) is 4.79 Å². The number of hydrogen-bond donors (Lipinski definition) is 7. The van der Waals surface area contributed by atoms with Crippen LogP contribution in [0.3, 0.4) is 0 Å². The number of carboxylic acids is 1. The van der Waals surface area contributed by atoms with Crippen molar-refractivity contribution in [2.75, 3.05) is 30.3 Å². The minimum atomic E-state index is -1.72. The Kier molecular flexibility index (Phi) is 8.07. The average molecular weight is 358 g/mol.